The van der Waals surface area contributed by atoms with Gasteiger partial charge in [-0.15, -0.1) is 0 Å². The van der Waals surface area contributed by atoms with Crippen molar-refractivity contribution in [2.45, 2.75) is 13.1 Å². The number of hydrogen-bond donors (Lipinski definition) is 1. The molecule has 0 aliphatic rings. The van der Waals surface area contributed by atoms with E-state index in [0.29, 0.717) is 0 Å². The molecule has 17 heavy (non-hydrogen) atoms. The second-order valence-corrected chi connectivity index (χ2v) is 9.98. The lowest BCUT2D eigenvalue weighted by Crippen LogP contribution is -2.54. The summed E-state index contributed by atoms with van der Waals surface area (Å²) in [4.78, 5) is 0. The van der Waals surface area contributed by atoms with Crippen molar-refractivity contribution in [3.63, 3.8) is 0 Å². The number of hydrogen-bond acceptors (Lipinski definition) is 1. The smallest absolute Gasteiger partial charge is 0.131 e. The third-order valence-corrected chi connectivity index (χ3v) is 9.87. The molecule has 0 fully saturated rings. The van der Waals surface area contributed by atoms with Crippen molar-refractivity contribution < 1.29 is 0 Å². The van der Waals surface area contributed by atoms with E-state index in [4.69, 9.17) is 0 Å². The van der Waals surface area contributed by atoms with E-state index in [2.05, 4.69) is 78.4 Å². The van der Waals surface area contributed by atoms with Gasteiger partial charge in [0.15, 0.2) is 0 Å². The highest BCUT2D eigenvalue weighted by atomic mass is 28.3. The van der Waals surface area contributed by atoms with Gasteiger partial charge in [0.25, 0.3) is 0 Å². The Morgan fingerprint density at radius 2 is 1.00 bits per heavy atom. The summed E-state index contributed by atoms with van der Waals surface area (Å²) in [6.07, 6.45) is 0. The van der Waals surface area contributed by atoms with Crippen LogP contribution in [0.3, 0.4) is 0 Å². The van der Waals surface area contributed by atoms with E-state index in [0.717, 1.165) is 0 Å². The minimum atomic E-state index is -0.976. The molecule has 0 bridgehead atoms. The van der Waals surface area contributed by atoms with Crippen LogP contribution in [0.25, 0.3) is 0 Å². The summed E-state index contributed by atoms with van der Waals surface area (Å²) in [6, 6.07) is 21.7. The number of rotatable bonds is 4. The Hall–Kier alpha value is -1.17. The van der Waals surface area contributed by atoms with E-state index in [9.17, 15) is 0 Å². The summed E-state index contributed by atoms with van der Waals surface area (Å²) in [5.41, 5.74) is 0. The van der Waals surface area contributed by atoms with Crippen LogP contribution < -0.4 is 15.0 Å². The molecule has 0 spiro atoms. The SMILES string of the molecule is C[SiH](N[SiH](C)c1ccccc1)c1ccccc1. The molecule has 2 aromatic carbocycles. The van der Waals surface area contributed by atoms with Crippen LogP contribution in [0.4, 0.5) is 0 Å². The molecule has 88 valence electrons. The predicted molar refractivity (Wildman–Crippen MR) is 81.3 cm³/mol. The van der Waals surface area contributed by atoms with Gasteiger partial charge in [-0.05, 0) is 10.4 Å². The molecule has 0 aliphatic heterocycles. The third kappa shape index (κ3) is 3.39. The van der Waals surface area contributed by atoms with E-state index in [-0.39, 0.29) is 0 Å². The Balaban J connectivity index is 2.02. The Morgan fingerprint density at radius 3 is 1.35 bits per heavy atom. The fourth-order valence-corrected chi connectivity index (χ4v) is 8.19. The topological polar surface area (TPSA) is 12.0 Å². The molecule has 2 unspecified atom stereocenters. The highest BCUT2D eigenvalue weighted by molar-refractivity contribution is 6.85. The third-order valence-electron chi connectivity index (χ3n) is 3.10. The maximum absolute atomic E-state index is 3.89. The summed E-state index contributed by atoms with van der Waals surface area (Å²) in [5.74, 6) is 0. The van der Waals surface area contributed by atoms with Gasteiger partial charge in [0.05, 0.1) is 0 Å². The average molecular weight is 257 g/mol. The van der Waals surface area contributed by atoms with Crippen LogP contribution >= 0.6 is 0 Å². The van der Waals surface area contributed by atoms with Gasteiger partial charge in [-0.25, -0.2) is 0 Å². The molecule has 2 aromatic rings. The lowest BCUT2D eigenvalue weighted by molar-refractivity contribution is 1.47. The van der Waals surface area contributed by atoms with Crippen molar-refractivity contribution in [1.29, 1.82) is 0 Å². The van der Waals surface area contributed by atoms with E-state index in [1.165, 1.54) is 10.4 Å². The molecule has 1 N–H and O–H groups in total. The summed E-state index contributed by atoms with van der Waals surface area (Å²) >= 11 is 0. The predicted octanol–water partition coefficient (Wildman–Crippen LogP) is 1.10. The molecule has 0 heterocycles. The van der Waals surface area contributed by atoms with Gasteiger partial charge in [-0.2, -0.15) is 0 Å². The van der Waals surface area contributed by atoms with Crippen LogP contribution in [-0.4, -0.2) is 17.9 Å². The van der Waals surface area contributed by atoms with Crippen LogP contribution in [0.1, 0.15) is 0 Å². The monoisotopic (exact) mass is 257 g/mol. The van der Waals surface area contributed by atoms with Gasteiger partial charge in [0.1, 0.15) is 17.9 Å². The lowest BCUT2D eigenvalue weighted by atomic mass is 10.4. The Labute approximate surface area is 107 Å². The van der Waals surface area contributed by atoms with Gasteiger partial charge in [-0.1, -0.05) is 73.8 Å². The zero-order valence-electron chi connectivity index (χ0n) is 10.4. The summed E-state index contributed by atoms with van der Waals surface area (Å²) in [7, 11) is -1.95. The van der Waals surface area contributed by atoms with Crippen molar-refractivity contribution in [2.24, 2.45) is 0 Å². The van der Waals surface area contributed by atoms with Crippen LogP contribution in [0.5, 0.6) is 0 Å². The molecule has 0 radical (unpaired) electrons. The van der Waals surface area contributed by atoms with Crippen LogP contribution in [0, 0.1) is 0 Å². The first-order valence-electron chi connectivity index (χ1n) is 6.13. The molecule has 0 aliphatic carbocycles. The highest BCUT2D eigenvalue weighted by Crippen LogP contribution is 1.90. The normalized spacial score (nSPS) is 14.2. The molecule has 3 heteroatoms. The van der Waals surface area contributed by atoms with Gasteiger partial charge in [-0.3, -0.25) is 0 Å². The minimum Gasteiger partial charge on any atom is -0.357 e. The lowest BCUT2D eigenvalue weighted by Gasteiger charge is -2.18. The fourth-order valence-electron chi connectivity index (χ4n) is 2.05. The second kappa shape index (κ2) is 5.95. The zero-order valence-corrected chi connectivity index (χ0v) is 12.7. The van der Waals surface area contributed by atoms with E-state index < -0.39 is 17.9 Å². The Bertz CT molecular complexity index is 401. The molecule has 1 nitrogen and oxygen atoms in total. The first-order valence-corrected chi connectivity index (χ1v) is 10.7. The van der Waals surface area contributed by atoms with E-state index >= 15 is 0 Å². The zero-order chi connectivity index (χ0) is 12.1. The van der Waals surface area contributed by atoms with Crippen molar-refractivity contribution in [1.82, 2.24) is 4.65 Å². The van der Waals surface area contributed by atoms with E-state index in [1.807, 2.05) is 0 Å². The second-order valence-electron chi connectivity index (χ2n) is 4.43. The van der Waals surface area contributed by atoms with Crippen molar-refractivity contribution in [3.8, 4) is 0 Å². The molecule has 2 atom stereocenters. The summed E-state index contributed by atoms with van der Waals surface area (Å²) in [6.45, 7) is 4.75. The average Bonchev–Trinajstić information content (AvgIpc) is 2.40. The first-order chi connectivity index (χ1) is 8.27. The van der Waals surface area contributed by atoms with Gasteiger partial charge in [0, 0.05) is 0 Å². The van der Waals surface area contributed by atoms with Crippen LogP contribution in [0.2, 0.25) is 13.1 Å². The van der Waals surface area contributed by atoms with E-state index in [1.54, 1.807) is 0 Å². The molecule has 0 amide bonds. The first kappa shape index (κ1) is 12.3. The molecule has 2 rings (SSSR count). The maximum Gasteiger partial charge on any atom is 0.131 e. The summed E-state index contributed by atoms with van der Waals surface area (Å²) < 4.78 is 3.89. The van der Waals surface area contributed by atoms with Crippen molar-refractivity contribution in [2.75, 3.05) is 0 Å². The molecule has 0 saturated heterocycles. The Morgan fingerprint density at radius 1 is 0.647 bits per heavy atom. The molecule has 0 aromatic heterocycles. The molecular weight excluding hydrogens is 238 g/mol. The highest BCUT2D eigenvalue weighted by Gasteiger charge is 2.12. The fraction of sp³-hybridized carbons (Fsp3) is 0.143. The maximum atomic E-state index is 3.89. The standard InChI is InChI=1S/C14H19NSi2/c1-16(13-9-5-3-6-10-13)15-17(2)14-11-7-4-8-12-14/h3-12,15-17H,1-2H3. The van der Waals surface area contributed by atoms with Gasteiger partial charge < -0.3 is 4.65 Å². The van der Waals surface area contributed by atoms with Gasteiger partial charge >= 0.3 is 0 Å². The number of benzene rings is 2. The number of nitrogens with one attached hydrogen (secondary N) is 1. The minimum absolute atomic E-state index is 0.976. The largest absolute Gasteiger partial charge is 0.357 e. The van der Waals surface area contributed by atoms with Crippen molar-refractivity contribution in [3.05, 3.63) is 60.7 Å². The molecule has 0 saturated carbocycles. The van der Waals surface area contributed by atoms with Crippen LogP contribution in [-0.2, 0) is 0 Å². The molecular formula is C14H19NSi2. The Kier molecular flexibility index (Phi) is 4.31. The quantitative estimate of drug-likeness (QED) is 0.809. The van der Waals surface area contributed by atoms with Crippen molar-refractivity contribution >= 4 is 28.3 Å². The summed E-state index contributed by atoms with van der Waals surface area (Å²) in [5, 5.41) is 3.01. The van der Waals surface area contributed by atoms with Crippen LogP contribution in [0.15, 0.2) is 60.7 Å². The van der Waals surface area contributed by atoms with Gasteiger partial charge in [0.2, 0.25) is 0 Å².